The minimum absolute atomic E-state index is 0.173. The summed E-state index contributed by atoms with van der Waals surface area (Å²) in [6.07, 6.45) is 4.46. The molecule has 0 amide bonds. The van der Waals surface area contributed by atoms with Gasteiger partial charge in [0.15, 0.2) is 0 Å². The van der Waals surface area contributed by atoms with E-state index in [1.807, 2.05) is 0 Å². The molecule has 1 unspecified atom stereocenters. The zero-order valence-corrected chi connectivity index (χ0v) is 9.15. The van der Waals surface area contributed by atoms with Crippen LogP contribution in [0.1, 0.15) is 25.7 Å². The molecule has 1 heterocycles. The molecule has 2 rings (SSSR count). The Morgan fingerprint density at radius 3 is 2.64 bits per heavy atom. The van der Waals surface area contributed by atoms with Gasteiger partial charge in [0.05, 0.1) is 5.75 Å². The van der Waals surface area contributed by atoms with Crippen molar-refractivity contribution in [1.29, 1.82) is 0 Å². The summed E-state index contributed by atoms with van der Waals surface area (Å²) in [5.74, 6) is 0.862. The van der Waals surface area contributed by atoms with Gasteiger partial charge in [0.1, 0.15) is 0 Å². The van der Waals surface area contributed by atoms with Gasteiger partial charge in [-0.1, -0.05) is 0 Å². The van der Waals surface area contributed by atoms with Crippen LogP contribution in [0.4, 0.5) is 0 Å². The minimum atomic E-state index is -3.03. The first kappa shape index (κ1) is 10.4. The van der Waals surface area contributed by atoms with Crippen molar-refractivity contribution >= 4 is 10.0 Å². The molecule has 1 saturated heterocycles. The van der Waals surface area contributed by atoms with Crippen molar-refractivity contribution in [2.45, 2.75) is 31.7 Å². The summed E-state index contributed by atoms with van der Waals surface area (Å²) in [4.78, 5) is 0. The molecule has 2 N–H and O–H groups in total. The Balaban J connectivity index is 1.75. The summed E-state index contributed by atoms with van der Waals surface area (Å²) >= 11 is 0. The van der Waals surface area contributed by atoms with Crippen LogP contribution in [0.2, 0.25) is 0 Å². The monoisotopic (exact) mass is 218 g/mol. The molecular formula is C9H18N2O2S. The van der Waals surface area contributed by atoms with Gasteiger partial charge < -0.3 is 5.32 Å². The van der Waals surface area contributed by atoms with Crippen molar-refractivity contribution in [3.63, 3.8) is 0 Å². The summed E-state index contributed by atoms with van der Waals surface area (Å²) in [5.41, 5.74) is 0. The second kappa shape index (κ2) is 4.16. The van der Waals surface area contributed by atoms with E-state index in [0.29, 0.717) is 12.5 Å². The van der Waals surface area contributed by atoms with Gasteiger partial charge in [0, 0.05) is 12.6 Å². The number of hydrogen-bond acceptors (Lipinski definition) is 3. The van der Waals surface area contributed by atoms with E-state index in [9.17, 15) is 8.42 Å². The highest BCUT2D eigenvalue weighted by Crippen LogP contribution is 2.27. The highest BCUT2D eigenvalue weighted by molar-refractivity contribution is 7.89. The second-order valence-corrected chi connectivity index (χ2v) is 6.22. The molecule has 1 atom stereocenters. The molecule has 2 aliphatic rings. The molecule has 0 aromatic rings. The van der Waals surface area contributed by atoms with E-state index in [1.165, 1.54) is 12.8 Å². The van der Waals surface area contributed by atoms with Crippen LogP contribution in [-0.2, 0) is 10.0 Å². The molecule has 0 aromatic heterocycles. The first-order valence-electron chi connectivity index (χ1n) is 5.36. The predicted octanol–water partition coefficient (Wildman–Crippen LogP) is 0.0678. The van der Waals surface area contributed by atoms with Crippen LogP contribution < -0.4 is 10.0 Å². The largest absolute Gasteiger partial charge is 0.313 e. The fourth-order valence-electron chi connectivity index (χ4n) is 1.79. The lowest BCUT2D eigenvalue weighted by Crippen LogP contribution is -2.37. The van der Waals surface area contributed by atoms with Crippen LogP contribution in [0.15, 0.2) is 0 Å². The molecule has 5 heteroatoms. The molecular weight excluding hydrogens is 200 g/mol. The van der Waals surface area contributed by atoms with Gasteiger partial charge in [0.25, 0.3) is 0 Å². The Morgan fingerprint density at radius 2 is 2.07 bits per heavy atom. The maximum atomic E-state index is 11.6. The minimum Gasteiger partial charge on any atom is -0.313 e. The van der Waals surface area contributed by atoms with E-state index in [1.54, 1.807) is 0 Å². The van der Waals surface area contributed by atoms with Crippen LogP contribution in [0, 0.1) is 5.92 Å². The van der Waals surface area contributed by atoms with E-state index in [2.05, 4.69) is 10.0 Å². The first-order valence-corrected chi connectivity index (χ1v) is 7.02. The molecule has 0 aromatic carbocycles. The molecule has 1 aliphatic heterocycles. The molecule has 0 spiro atoms. The lowest BCUT2D eigenvalue weighted by molar-refractivity contribution is 0.560. The van der Waals surface area contributed by atoms with Crippen molar-refractivity contribution in [3.8, 4) is 0 Å². The van der Waals surface area contributed by atoms with Crippen molar-refractivity contribution < 1.29 is 8.42 Å². The van der Waals surface area contributed by atoms with Crippen molar-refractivity contribution in [3.05, 3.63) is 0 Å². The second-order valence-electron chi connectivity index (χ2n) is 4.37. The van der Waals surface area contributed by atoms with Crippen molar-refractivity contribution in [1.82, 2.24) is 10.0 Å². The lowest BCUT2D eigenvalue weighted by atomic mass is 10.3. The molecule has 14 heavy (non-hydrogen) atoms. The summed E-state index contributed by atoms with van der Waals surface area (Å²) in [6.45, 7) is 1.61. The van der Waals surface area contributed by atoms with Crippen LogP contribution in [0.5, 0.6) is 0 Å². The topological polar surface area (TPSA) is 58.2 Å². The SMILES string of the molecule is O=S(=O)(CC1CCCN1)NCC1CC1. The van der Waals surface area contributed by atoms with Crippen LogP contribution in [-0.4, -0.2) is 33.3 Å². The summed E-state index contributed by atoms with van der Waals surface area (Å²) in [6, 6.07) is 0.173. The zero-order valence-electron chi connectivity index (χ0n) is 8.33. The predicted molar refractivity (Wildman–Crippen MR) is 55.5 cm³/mol. The van der Waals surface area contributed by atoms with E-state index in [4.69, 9.17) is 0 Å². The number of rotatable bonds is 5. The number of hydrogen-bond donors (Lipinski definition) is 2. The fourth-order valence-corrected chi connectivity index (χ4v) is 3.21. The molecule has 2 fully saturated rings. The van der Waals surface area contributed by atoms with Gasteiger partial charge in [-0.05, 0) is 38.1 Å². The quantitative estimate of drug-likeness (QED) is 0.686. The van der Waals surface area contributed by atoms with Crippen LogP contribution in [0.25, 0.3) is 0 Å². The smallest absolute Gasteiger partial charge is 0.213 e. The summed E-state index contributed by atoms with van der Waals surface area (Å²) in [7, 11) is -3.03. The Hall–Kier alpha value is -0.130. The van der Waals surface area contributed by atoms with Gasteiger partial charge >= 0.3 is 0 Å². The normalized spacial score (nSPS) is 28.1. The third-order valence-electron chi connectivity index (χ3n) is 2.87. The van der Waals surface area contributed by atoms with Crippen LogP contribution in [0.3, 0.4) is 0 Å². The van der Waals surface area contributed by atoms with Crippen molar-refractivity contribution in [2.24, 2.45) is 5.92 Å². The fraction of sp³-hybridized carbons (Fsp3) is 1.00. The van der Waals surface area contributed by atoms with E-state index in [-0.39, 0.29) is 11.8 Å². The third-order valence-corrected chi connectivity index (χ3v) is 4.32. The van der Waals surface area contributed by atoms with Gasteiger partial charge in [0.2, 0.25) is 10.0 Å². The number of nitrogens with one attached hydrogen (secondary N) is 2. The molecule has 1 aliphatic carbocycles. The first-order chi connectivity index (χ1) is 6.66. The lowest BCUT2D eigenvalue weighted by Gasteiger charge is -2.11. The molecule has 82 valence electrons. The van der Waals surface area contributed by atoms with Crippen molar-refractivity contribution in [2.75, 3.05) is 18.8 Å². The molecule has 4 nitrogen and oxygen atoms in total. The highest BCUT2D eigenvalue weighted by atomic mass is 32.2. The van der Waals surface area contributed by atoms with Crippen LogP contribution >= 0.6 is 0 Å². The van der Waals surface area contributed by atoms with Gasteiger partial charge in [-0.25, -0.2) is 13.1 Å². The average molecular weight is 218 g/mol. The van der Waals surface area contributed by atoms with E-state index in [0.717, 1.165) is 19.4 Å². The number of sulfonamides is 1. The maximum absolute atomic E-state index is 11.6. The molecule has 0 bridgehead atoms. The van der Waals surface area contributed by atoms with E-state index >= 15 is 0 Å². The Bertz CT molecular complexity index is 279. The standard InChI is InChI=1S/C9H18N2O2S/c12-14(13,11-6-8-3-4-8)7-9-2-1-5-10-9/h8-11H,1-7H2. The average Bonchev–Trinajstić information content (AvgIpc) is 2.82. The van der Waals surface area contributed by atoms with Gasteiger partial charge in [-0.2, -0.15) is 0 Å². The summed E-state index contributed by atoms with van der Waals surface area (Å²) in [5, 5.41) is 3.20. The third kappa shape index (κ3) is 3.22. The maximum Gasteiger partial charge on any atom is 0.213 e. The molecule has 0 radical (unpaired) electrons. The Kier molecular flexibility index (Phi) is 3.09. The van der Waals surface area contributed by atoms with E-state index < -0.39 is 10.0 Å². The highest BCUT2D eigenvalue weighted by Gasteiger charge is 2.26. The van der Waals surface area contributed by atoms with Gasteiger partial charge in [-0.15, -0.1) is 0 Å². The molecule has 1 saturated carbocycles. The Labute approximate surface area is 85.5 Å². The Morgan fingerprint density at radius 1 is 1.29 bits per heavy atom. The van der Waals surface area contributed by atoms with Gasteiger partial charge in [-0.3, -0.25) is 0 Å². The zero-order chi connectivity index (χ0) is 10.0. The summed E-state index contributed by atoms with van der Waals surface area (Å²) < 4.78 is 25.8.